The Hall–Kier alpha value is -2.13. The third kappa shape index (κ3) is 5.38. The smallest absolute Gasteiger partial charge is 0.247 e. The van der Waals surface area contributed by atoms with E-state index in [9.17, 15) is 18.0 Å². The maximum absolute atomic E-state index is 13.5. The van der Waals surface area contributed by atoms with Gasteiger partial charge in [0, 0.05) is 18.3 Å². The molecule has 1 aliphatic heterocycles. The number of carbonyl (C=O) groups is 2. The van der Waals surface area contributed by atoms with Gasteiger partial charge in [-0.3, -0.25) is 14.5 Å². The normalized spacial score (nSPS) is 24.0. The number of carbonyl (C=O) groups excluding carboxylic acids is 2. The highest BCUT2D eigenvalue weighted by molar-refractivity contribution is 7.88. The van der Waals surface area contributed by atoms with Crippen molar-refractivity contribution in [3.8, 4) is 5.75 Å². The lowest BCUT2D eigenvalue weighted by molar-refractivity contribution is -0.133. The Morgan fingerprint density at radius 2 is 1.77 bits per heavy atom. The predicted molar refractivity (Wildman–Crippen MR) is 120 cm³/mol. The molecule has 1 aromatic carbocycles. The number of ether oxygens (including phenoxy) is 1. The number of rotatable bonds is 6. The van der Waals surface area contributed by atoms with Gasteiger partial charge in [0.25, 0.3) is 0 Å². The first-order valence-corrected chi connectivity index (χ1v) is 12.8. The van der Waals surface area contributed by atoms with Crippen molar-refractivity contribution in [3.05, 3.63) is 24.3 Å². The zero-order chi connectivity index (χ0) is 22.6. The van der Waals surface area contributed by atoms with Gasteiger partial charge in [0.15, 0.2) is 0 Å². The molecule has 0 aromatic heterocycles. The van der Waals surface area contributed by atoms with Gasteiger partial charge < -0.3 is 10.1 Å². The average Bonchev–Trinajstić information content (AvgIpc) is 2.97. The van der Waals surface area contributed by atoms with Crippen molar-refractivity contribution in [2.24, 2.45) is 0 Å². The lowest BCUT2D eigenvalue weighted by atomic mass is 9.93. The van der Waals surface area contributed by atoms with Gasteiger partial charge in [0.2, 0.25) is 21.8 Å². The summed E-state index contributed by atoms with van der Waals surface area (Å²) in [4.78, 5) is 28.1. The molecule has 1 saturated carbocycles. The Morgan fingerprint density at radius 3 is 2.32 bits per heavy atom. The van der Waals surface area contributed by atoms with Crippen molar-refractivity contribution >= 4 is 27.5 Å². The topological polar surface area (TPSA) is 96.0 Å². The molecule has 3 rings (SSSR count). The second-order valence-electron chi connectivity index (χ2n) is 8.62. The first-order chi connectivity index (χ1) is 14.6. The highest BCUT2D eigenvalue weighted by atomic mass is 32.2. The molecule has 172 valence electrons. The second-order valence-corrected chi connectivity index (χ2v) is 10.6. The van der Waals surface area contributed by atoms with E-state index >= 15 is 0 Å². The molecule has 2 amide bonds. The maximum Gasteiger partial charge on any atom is 0.247 e. The summed E-state index contributed by atoms with van der Waals surface area (Å²) in [6.45, 7) is 3.66. The molecule has 0 unspecified atom stereocenters. The van der Waals surface area contributed by atoms with Crippen LogP contribution in [-0.4, -0.2) is 62.1 Å². The van der Waals surface area contributed by atoms with Crippen LogP contribution in [0.3, 0.4) is 0 Å². The fraction of sp³-hybridized carbons (Fsp3) is 0.636. The van der Waals surface area contributed by atoms with E-state index in [1.165, 1.54) is 4.90 Å². The highest BCUT2D eigenvalue weighted by Crippen LogP contribution is 2.32. The zero-order valence-corrected chi connectivity index (χ0v) is 19.4. The number of piperazine rings is 1. The fourth-order valence-corrected chi connectivity index (χ4v) is 5.26. The lowest BCUT2D eigenvalue weighted by Crippen LogP contribution is -2.70. The highest BCUT2D eigenvalue weighted by Gasteiger charge is 2.50. The van der Waals surface area contributed by atoms with E-state index in [1.54, 1.807) is 31.2 Å². The van der Waals surface area contributed by atoms with E-state index in [4.69, 9.17) is 4.74 Å². The molecular weight excluding hydrogens is 418 g/mol. The van der Waals surface area contributed by atoms with Crippen molar-refractivity contribution in [1.29, 1.82) is 0 Å². The first kappa shape index (κ1) is 23.5. The van der Waals surface area contributed by atoms with Crippen LogP contribution in [0.15, 0.2) is 24.3 Å². The number of anilines is 1. The molecule has 1 aliphatic carbocycles. The molecule has 8 nitrogen and oxygen atoms in total. The van der Waals surface area contributed by atoms with Gasteiger partial charge in [-0.15, -0.1) is 0 Å². The molecule has 2 fully saturated rings. The number of amides is 2. The summed E-state index contributed by atoms with van der Waals surface area (Å²) in [5.41, 5.74) is -0.821. The van der Waals surface area contributed by atoms with Crippen LogP contribution < -0.4 is 15.0 Å². The van der Waals surface area contributed by atoms with E-state index in [2.05, 4.69) is 5.32 Å². The zero-order valence-electron chi connectivity index (χ0n) is 18.6. The Morgan fingerprint density at radius 1 is 1.16 bits per heavy atom. The van der Waals surface area contributed by atoms with E-state index in [1.807, 2.05) is 6.92 Å². The van der Waals surface area contributed by atoms with Crippen LogP contribution >= 0.6 is 0 Å². The summed E-state index contributed by atoms with van der Waals surface area (Å²) >= 11 is 0. The van der Waals surface area contributed by atoms with E-state index in [0.717, 1.165) is 49.1 Å². The first-order valence-electron chi connectivity index (χ1n) is 11.0. The molecule has 2 aliphatic rings. The number of benzene rings is 1. The summed E-state index contributed by atoms with van der Waals surface area (Å²) in [6.07, 6.45) is 7.28. The second kappa shape index (κ2) is 9.56. The van der Waals surface area contributed by atoms with Crippen molar-refractivity contribution in [2.75, 3.05) is 30.9 Å². The minimum atomic E-state index is -3.64. The molecule has 1 saturated heterocycles. The van der Waals surface area contributed by atoms with Crippen LogP contribution in [0.4, 0.5) is 5.69 Å². The summed E-state index contributed by atoms with van der Waals surface area (Å²) in [7, 11) is -3.64. The molecule has 1 aromatic rings. The summed E-state index contributed by atoms with van der Waals surface area (Å²) < 4.78 is 31.1. The minimum Gasteiger partial charge on any atom is -0.494 e. The van der Waals surface area contributed by atoms with Gasteiger partial charge >= 0.3 is 0 Å². The molecule has 0 radical (unpaired) electrons. The van der Waals surface area contributed by atoms with Gasteiger partial charge in [-0.1, -0.05) is 25.7 Å². The number of hydrogen-bond acceptors (Lipinski definition) is 5. The van der Waals surface area contributed by atoms with Crippen LogP contribution in [0.25, 0.3) is 0 Å². The summed E-state index contributed by atoms with van der Waals surface area (Å²) in [6, 6.07) is 7.00. The Kier molecular flexibility index (Phi) is 7.26. The number of sulfonamides is 1. The molecular formula is C22H33N3O5S. The van der Waals surface area contributed by atoms with Crippen molar-refractivity contribution in [1.82, 2.24) is 9.62 Å². The van der Waals surface area contributed by atoms with Gasteiger partial charge in [-0.2, -0.15) is 4.31 Å². The van der Waals surface area contributed by atoms with Gasteiger partial charge in [-0.25, -0.2) is 8.42 Å². The standard InChI is InChI=1S/C22H33N3O5S/c1-4-30-19-13-11-18(12-14-19)25-20(26)15-24(31(3,28)29)16-22(25,2)21(27)23-17-9-7-5-6-8-10-17/h11-14,17H,4-10,15-16H2,1-3H3,(H,23,27)/t22-/m1/s1. The van der Waals surface area contributed by atoms with Crippen LogP contribution in [0.1, 0.15) is 52.4 Å². The van der Waals surface area contributed by atoms with Crippen molar-refractivity contribution in [2.45, 2.75) is 64.0 Å². The summed E-state index contributed by atoms with van der Waals surface area (Å²) in [5, 5.41) is 3.11. The van der Waals surface area contributed by atoms with Crippen LogP contribution in [-0.2, 0) is 19.6 Å². The average molecular weight is 452 g/mol. The van der Waals surface area contributed by atoms with Gasteiger partial charge in [0.05, 0.1) is 19.4 Å². The monoisotopic (exact) mass is 451 g/mol. The Labute approximate surface area is 185 Å². The van der Waals surface area contributed by atoms with Crippen LogP contribution in [0.5, 0.6) is 5.75 Å². The van der Waals surface area contributed by atoms with E-state index < -0.39 is 21.5 Å². The number of nitrogens with zero attached hydrogens (tertiary/aromatic N) is 2. The van der Waals surface area contributed by atoms with E-state index in [0.29, 0.717) is 18.0 Å². The van der Waals surface area contributed by atoms with Crippen molar-refractivity contribution in [3.63, 3.8) is 0 Å². The Bertz CT molecular complexity index is 894. The van der Waals surface area contributed by atoms with Crippen LogP contribution in [0.2, 0.25) is 0 Å². The quantitative estimate of drug-likeness (QED) is 0.670. The third-order valence-corrected chi connectivity index (χ3v) is 7.29. The molecule has 1 atom stereocenters. The third-order valence-electron chi connectivity index (χ3n) is 6.09. The SMILES string of the molecule is CCOc1ccc(N2C(=O)CN(S(C)(=O)=O)C[C@]2(C)C(=O)NC2CCCCCC2)cc1. The van der Waals surface area contributed by atoms with Crippen molar-refractivity contribution < 1.29 is 22.7 Å². The van der Waals surface area contributed by atoms with Crippen LogP contribution in [0, 0.1) is 0 Å². The maximum atomic E-state index is 13.5. The van der Waals surface area contributed by atoms with E-state index in [-0.39, 0.29) is 25.0 Å². The van der Waals surface area contributed by atoms with Gasteiger partial charge in [-0.05, 0) is 51.0 Å². The minimum absolute atomic E-state index is 0.0396. The fourth-order valence-electron chi connectivity index (χ4n) is 4.43. The largest absolute Gasteiger partial charge is 0.494 e. The molecule has 1 N–H and O–H groups in total. The predicted octanol–water partition coefficient (Wildman–Crippen LogP) is 2.29. The number of nitrogens with one attached hydrogen (secondary N) is 1. The summed E-state index contributed by atoms with van der Waals surface area (Å²) in [5.74, 6) is -0.0904. The number of hydrogen-bond donors (Lipinski definition) is 1. The van der Waals surface area contributed by atoms with Gasteiger partial charge in [0.1, 0.15) is 11.3 Å². The molecule has 31 heavy (non-hydrogen) atoms. The molecule has 0 spiro atoms. The lowest BCUT2D eigenvalue weighted by Gasteiger charge is -2.47. The molecule has 9 heteroatoms. The Balaban J connectivity index is 1.93. The molecule has 1 heterocycles. The molecule has 0 bridgehead atoms.